The zero-order valence-electron chi connectivity index (χ0n) is 24.2. The molecular formula is C31H31ClF2N6O3S. The molecule has 4 heterocycles. The number of benzene rings is 2. The van der Waals surface area contributed by atoms with Gasteiger partial charge in [0.1, 0.15) is 40.8 Å². The minimum Gasteiger partial charge on any atom is -0.486 e. The third-order valence-electron chi connectivity index (χ3n) is 7.77. The maximum absolute atomic E-state index is 14.9. The average Bonchev–Trinajstić information content (AvgIpc) is 3.74. The van der Waals surface area contributed by atoms with Crippen LogP contribution in [0.5, 0.6) is 11.5 Å². The Bertz CT molecular complexity index is 1810. The summed E-state index contributed by atoms with van der Waals surface area (Å²) in [4.78, 5) is 19.3. The number of hydrogen-bond acceptors (Lipinski definition) is 7. The number of thiophene rings is 1. The molecule has 1 aliphatic heterocycles. The van der Waals surface area contributed by atoms with Crippen molar-refractivity contribution in [2.24, 2.45) is 12.8 Å². The minimum absolute atomic E-state index is 0.0415. The molecule has 44 heavy (non-hydrogen) atoms. The molecule has 0 spiro atoms. The van der Waals surface area contributed by atoms with E-state index in [1.807, 2.05) is 40.9 Å². The topological polar surface area (TPSA) is 100 Å². The van der Waals surface area contributed by atoms with Crippen molar-refractivity contribution < 1.29 is 23.0 Å². The number of alkyl halides is 1. The predicted octanol–water partition coefficient (Wildman–Crippen LogP) is 6.33. The number of hydrogen-bond donors (Lipinski definition) is 1. The highest BCUT2D eigenvalue weighted by molar-refractivity contribution is 7.16. The van der Waals surface area contributed by atoms with Crippen LogP contribution in [-0.4, -0.2) is 62.6 Å². The second kappa shape index (κ2) is 12.5. The zero-order valence-corrected chi connectivity index (χ0v) is 25.7. The lowest BCUT2D eigenvalue weighted by Crippen LogP contribution is -2.39. The molecule has 0 aliphatic carbocycles. The molecule has 2 N–H and O–H groups in total. The number of ether oxygens (including phenoxy) is 2. The molecule has 1 amide bonds. The first-order valence-corrected chi connectivity index (χ1v) is 15.4. The summed E-state index contributed by atoms with van der Waals surface area (Å²) in [6, 6.07) is 10.5. The number of amides is 1. The van der Waals surface area contributed by atoms with E-state index in [2.05, 4.69) is 10.1 Å². The van der Waals surface area contributed by atoms with E-state index in [0.29, 0.717) is 43.0 Å². The highest BCUT2D eigenvalue weighted by Crippen LogP contribution is 2.40. The summed E-state index contributed by atoms with van der Waals surface area (Å²) in [5.41, 5.74) is 9.82. The number of rotatable bonds is 10. The minimum atomic E-state index is -0.668. The molecule has 1 fully saturated rings. The Labute approximate surface area is 261 Å². The molecule has 9 nitrogen and oxygen atoms in total. The van der Waals surface area contributed by atoms with Gasteiger partial charge < -0.3 is 20.1 Å². The van der Waals surface area contributed by atoms with Gasteiger partial charge in [-0.1, -0.05) is 23.7 Å². The molecule has 1 aliphatic rings. The first-order valence-electron chi connectivity index (χ1n) is 14.2. The van der Waals surface area contributed by atoms with Gasteiger partial charge in [0, 0.05) is 50.1 Å². The number of aromatic nitrogens is 4. The SMILES string of the molecule is CC(Oc1cc(-n2cnc3cc(-c4cnn(C)c4)ccc32)sc1C(N)=O)c1ccc(F)c(OC2CCN(CCF)CC2)c1Cl. The Morgan fingerprint density at radius 1 is 1.20 bits per heavy atom. The van der Waals surface area contributed by atoms with Crippen molar-refractivity contribution in [1.29, 1.82) is 0 Å². The van der Waals surface area contributed by atoms with E-state index in [4.69, 9.17) is 26.8 Å². The quantitative estimate of drug-likeness (QED) is 0.191. The molecular weight excluding hydrogens is 610 g/mol. The van der Waals surface area contributed by atoms with E-state index in [1.54, 1.807) is 36.3 Å². The van der Waals surface area contributed by atoms with Gasteiger partial charge in [0.2, 0.25) is 0 Å². The lowest BCUT2D eigenvalue weighted by molar-refractivity contribution is 0.0934. The highest BCUT2D eigenvalue weighted by Gasteiger charge is 2.26. The third kappa shape index (κ3) is 6.01. The van der Waals surface area contributed by atoms with Crippen LogP contribution in [0.1, 0.15) is 41.1 Å². The molecule has 13 heteroatoms. The van der Waals surface area contributed by atoms with Gasteiger partial charge in [-0.25, -0.2) is 13.8 Å². The maximum atomic E-state index is 14.9. The second-order valence-corrected chi connectivity index (χ2v) is 12.2. The lowest BCUT2D eigenvalue weighted by Gasteiger charge is -2.32. The summed E-state index contributed by atoms with van der Waals surface area (Å²) in [6.45, 7) is 3.07. The molecule has 2 aromatic carbocycles. The zero-order chi connectivity index (χ0) is 31.0. The van der Waals surface area contributed by atoms with Crippen molar-refractivity contribution >= 4 is 39.9 Å². The summed E-state index contributed by atoms with van der Waals surface area (Å²) in [5.74, 6) is -0.978. The van der Waals surface area contributed by atoms with Crippen LogP contribution in [0.25, 0.3) is 27.2 Å². The maximum Gasteiger partial charge on any atom is 0.262 e. The van der Waals surface area contributed by atoms with Gasteiger partial charge in [0.05, 0.1) is 22.3 Å². The number of carbonyl (C=O) groups is 1. The Balaban J connectivity index is 1.23. The molecule has 0 bridgehead atoms. The number of halogens is 3. The van der Waals surface area contributed by atoms with Crippen LogP contribution in [0, 0.1) is 5.82 Å². The van der Waals surface area contributed by atoms with Gasteiger partial charge in [-0.15, -0.1) is 11.3 Å². The summed E-state index contributed by atoms with van der Waals surface area (Å²) in [5, 5.41) is 5.03. The summed E-state index contributed by atoms with van der Waals surface area (Å²) in [6.07, 6.45) is 5.78. The molecule has 6 rings (SSSR count). The second-order valence-electron chi connectivity index (χ2n) is 10.8. The van der Waals surface area contributed by atoms with E-state index in [9.17, 15) is 13.6 Å². The molecule has 1 saturated heterocycles. The van der Waals surface area contributed by atoms with Crippen molar-refractivity contribution in [3.63, 3.8) is 0 Å². The monoisotopic (exact) mass is 640 g/mol. The normalized spacial score (nSPS) is 15.1. The Hall–Kier alpha value is -4.00. The molecule has 3 aromatic heterocycles. The Morgan fingerprint density at radius 2 is 2.00 bits per heavy atom. The van der Waals surface area contributed by atoms with Gasteiger partial charge >= 0.3 is 0 Å². The van der Waals surface area contributed by atoms with E-state index in [0.717, 1.165) is 22.2 Å². The Kier molecular flexibility index (Phi) is 8.57. The number of primary amides is 1. The van der Waals surface area contributed by atoms with Crippen molar-refractivity contribution in [3.8, 4) is 27.6 Å². The smallest absolute Gasteiger partial charge is 0.262 e. The van der Waals surface area contributed by atoms with Crippen LogP contribution < -0.4 is 15.2 Å². The number of imidazole rings is 1. The first-order chi connectivity index (χ1) is 21.2. The van der Waals surface area contributed by atoms with Crippen molar-refractivity contribution in [1.82, 2.24) is 24.2 Å². The largest absolute Gasteiger partial charge is 0.486 e. The van der Waals surface area contributed by atoms with Gasteiger partial charge in [-0.2, -0.15) is 5.10 Å². The van der Waals surface area contributed by atoms with Gasteiger partial charge in [0.25, 0.3) is 5.91 Å². The van der Waals surface area contributed by atoms with Gasteiger partial charge in [-0.3, -0.25) is 14.0 Å². The van der Waals surface area contributed by atoms with Crippen molar-refractivity contribution in [2.45, 2.75) is 32.0 Å². The molecule has 0 saturated carbocycles. The van der Waals surface area contributed by atoms with Gasteiger partial charge in [-0.05, 0) is 43.5 Å². The molecule has 0 radical (unpaired) electrons. The van der Waals surface area contributed by atoms with E-state index < -0.39 is 24.5 Å². The number of likely N-dealkylation sites (tertiary alicyclic amines) is 1. The average molecular weight is 641 g/mol. The lowest BCUT2D eigenvalue weighted by atomic mass is 10.1. The third-order valence-corrected chi connectivity index (χ3v) is 9.29. The predicted molar refractivity (Wildman–Crippen MR) is 166 cm³/mol. The van der Waals surface area contributed by atoms with E-state index in [1.165, 1.54) is 17.4 Å². The van der Waals surface area contributed by atoms with E-state index >= 15 is 0 Å². The fraction of sp³-hybridized carbons (Fsp3) is 0.323. The van der Waals surface area contributed by atoms with Crippen molar-refractivity contribution in [2.75, 3.05) is 26.3 Å². The van der Waals surface area contributed by atoms with Crippen molar-refractivity contribution in [3.05, 3.63) is 76.4 Å². The summed E-state index contributed by atoms with van der Waals surface area (Å²) >= 11 is 7.86. The van der Waals surface area contributed by atoms with Crippen LogP contribution >= 0.6 is 22.9 Å². The van der Waals surface area contributed by atoms with Crippen LogP contribution in [0.4, 0.5) is 8.78 Å². The van der Waals surface area contributed by atoms with Crippen LogP contribution in [0.15, 0.2) is 55.1 Å². The standard InChI is InChI=1S/C31H31ClF2N6O3S/c1-18(22-4-5-23(34)29(28(22)32)43-21-7-10-39(11-8-21)12-9-33)42-26-14-27(44-30(26)31(35)41)40-17-36-24-13-19(3-6-25(24)40)20-15-37-38(2)16-20/h3-6,13-18,21H,7-12H2,1-2H3,(H2,35,41). The fourth-order valence-electron chi connectivity index (χ4n) is 5.44. The number of carbonyl (C=O) groups excluding carboxylic acids is 1. The summed E-state index contributed by atoms with van der Waals surface area (Å²) < 4.78 is 43.4. The number of fused-ring (bicyclic) bond motifs is 1. The number of aryl methyl sites for hydroxylation is 1. The first kappa shape index (κ1) is 30.0. The molecule has 5 aromatic rings. The molecule has 1 atom stereocenters. The Morgan fingerprint density at radius 3 is 2.70 bits per heavy atom. The van der Waals surface area contributed by atoms with Crippen LogP contribution in [0.2, 0.25) is 5.02 Å². The summed E-state index contributed by atoms with van der Waals surface area (Å²) in [7, 11) is 1.86. The number of nitrogens with zero attached hydrogens (tertiary/aromatic N) is 5. The number of piperidine rings is 1. The van der Waals surface area contributed by atoms with E-state index in [-0.39, 0.29) is 27.5 Å². The van der Waals surface area contributed by atoms with Crippen LogP contribution in [-0.2, 0) is 7.05 Å². The van der Waals surface area contributed by atoms with Gasteiger partial charge in [0.15, 0.2) is 11.6 Å². The highest BCUT2D eigenvalue weighted by atomic mass is 35.5. The molecule has 1 unspecified atom stereocenters. The van der Waals surface area contributed by atoms with Crippen LogP contribution in [0.3, 0.4) is 0 Å². The number of nitrogens with two attached hydrogens (primary N) is 1. The fourth-order valence-corrected chi connectivity index (χ4v) is 6.72. The molecule has 230 valence electrons.